The Kier molecular flexibility index (Phi) is 4.21. The molecule has 0 aliphatic carbocycles. The summed E-state index contributed by atoms with van der Waals surface area (Å²) in [6.07, 6.45) is 2.86. The number of benzene rings is 1. The first kappa shape index (κ1) is 16.4. The molecule has 3 aromatic rings. The number of aromatic nitrogens is 3. The van der Waals surface area contributed by atoms with E-state index in [2.05, 4.69) is 20.6 Å². The van der Waals surface area contributed by atoms with E-state index < -0.39 is 5.91 Å². The highest BCUT2D eigenvalue weighted by atomic mass is 32.1. The number of amides is 2. The van der Waals surface area contributed by atoms with Crippen LogP contribution in [-0.4, -0.2) is 32.9 Å². The van der Waals surface area contributed by atoms with Crippen molar-refractivity contribution in [3.63, 3.8) is 0 Å². The van der Waals surface area contributed by atoms with E-state index in [0.717, 1.165) is 17.8 Å². The summed E-state index contributed by atoms with van der Waals surface area (Å²) in [4.78, 5) is 45.8. The van der Waals surface area contributed by atoms with Gasteiger partial charge in [0.1, 0.15) is 11.4 Å². The molecule has 0 unspecified atom stereocenters. The van der Waals surface area contributed by atoms with Gasteiger partial charge in [-0.25, -0.2) is 9.97 Å². The van der Waals surface area contributed by atoms with E-state index in [-0.39, 0.29) is 18.0 Å². The van der Waals surface area contributed by atoms with E-state index in [1.165, 1.54) is 10.9 Å². The van der Waals surface area contributed by atoms with Crippen molar-refractivity contribution >= 4 is 39.2 Å². The van der Waals surface area contributed by atoms with Crippen LogP contribution in [0.3, 0.4) is 0 Å². The van der Waals surface area contributed by atoms with E-state index in [9.17, 15) is 14.4 Å². The maximum absolute atomic E-state index is 12.4. The maximum Gasteiger partial charge on any atom is 0.263 e. The second-order valence-corrected chi connectivity index (χ2v) is 6.90. The Balaban J connectivity index is 1.53. The van der Waals surface area contributed by atoms with Gasteiger partial charge in [0.05, 0.1) is 22.9 Å². The molecule has 4 rings (SSSR count). The summed E-state index contributed by atoms with van der Waals surface area (Å²) in [5.74, 6) is -0.557. The van der Waals surface area contributed by atoms with Crippen LogP contribution < -0.4 is 16.2 Å². The standard InChI is InChI=1S/C17H15N5O3S/c23-13(8-22-9-19-11-5-2-1-4-10(11)16(22)25)21-17-20-12-6-3-7-18-15(24)14(12)26-17/h1-2,4-5,9H,3,6-8H2,(H,18,24)(H,20,21,23). The number of aryl methyl sites for hydroxylation is 1. The van der Waals surface area contributed by atoms with Crippen LogP contribution in [0.2, 0.25) is 0 Å². The van der Waals surface area contributed by atoms with Crippen molar-refractivity contribution in [3.05, 3.63) is 51.5 Å². The lowest BCUT2D eigenvalue weighted by molar-refractivity contribution is -0.116. The van der Waals surface area contributed by atoms with Crippen molar-refractivity contribution in [3.8, 4) is 0 Å². The predicted molar refractivity (Wildman–Crippen MR) is 97.4 cm³/mol. The van der Waals surface area contributed by atoms with Crippen LogP contribution in [-0.2, 0) is 17.8 Å². The molecule has 2 aromatic heterocycles. The molecular formula is C17H15N5O3S. The van der Waals surface area contributed by atoms with E-state index in [4.69, 9.17) is 0 Å². The molecule has 0 saturated carbocycles. The Morgan fingerprint density at radius 3 is 3.04 bits per heavy atom. The quantitative estimate of drug-likeness (QED) is 0.721. The minimum absolute atomic E-state index is 0.162. The summed E-state index contributed by atoms with van der Waals surface area (Å²) in [5, 5.41) is 6.28. The van der Waals surface area contributed by atoms with Gasteiger partial charge in [-0.3, -0.25) is 19.0 Å². The van der Waals surface area contributed by atoms with E-state index in [0.29, 0.717) is 39.6 Å². The maximum atomic E-state index is 12.4. The molecular weight excluding hydrogens is 354 g/mol. The minimum Gasteiger partial charge on any atom is -0.351 e. The van der Waals surface area contributed by atoms with Gasteiger partial charge >= 0.3 is 0 Å². The fourth-order valence-electron chi connectivity index (χ4n) is 2.82. The normalized spacial score (nSPS) is 13.8. The SMILES string of the molecule is O=C(Cn1cnc2ccccc2c1=O)Nc1nc2c(s1)C(=O)NCCC2. The van der Waals surface area contributed by atoms with Gasteiger partial charge in [-0.2, -0.15) is 0 Å². The van der Waals surface area contributed by atoms with Crippen molar-refractivity contribution in [2.45, 2.75) is 19.4 Å². The number of hydrogen-bond donors (Lipinski definition) is 2. The molecule has 1 aliphatic heterocycles. The molecule has 3 heterocycles. The molecule has 26 heavy (non-hydrogen) atoms. The zero-order chi connectivity index (χ0) is 18.1. The van der Waals surface area contributed by atoms with Gasteiger partial charge in [-0.15, -0.1) is 0 Å². The molecule has 1 aromatic carbocycles. The van der Waals surface area contributed by atoms with Gasteiger partial charge in [0.15, 0.2) is 5.13 Å². The van der Waals surface area contributed by atoms with Crippen molar-refractivity contribution in [2.75, 3.05) is 11.9 Å². The molecule has 0 saturated heterocycles. The number of carbonyl (C=O) groups excluding carboxylic acids is 2. The van der Waals surface area contributed by atoms with Crippen molar-refractivity contribution < 1.29 is 9.59 Å². The number of hydrogen-bond acceptors (Lipinski definition) is 6. The predicted octanol–water partition coefficient (Wildman–Crippen LogP) is 1.17. The van der Waals surface area contributed by atoms with Crippen LogP contribution in [0.15, 0.2) is 35.4 Å². The van der Waals surface area contributed by atoms with E-state index in [1.54, 1.807) is 24.3 Å². The minimum atomic E-state index is -0.395. The number of fused-ring (bicyclic) bond motifs is 2. The molecule has 0 radical (unpaired) electrons. The number of nitrogens with zero attached hydrogens (tertiary/aromatic N) is 3. The second kappa shape index (κ2) is 6.68. The Morgan fingerprint density at radius 2 is 2.15 bits per heavy atom. The van der Waals surface area contributed by atoms with Crippen LogP contribution in [0.25, 0.3) is 10.9 Å². The molecule has 8 nitrogen and oxygen atoms in total. The lowest BCUT2D eigenvalue weighted by atomic mass is 10.2. The number of para-hydroxylation sites is 1. The van der Waals surface area contributed by atoms with Crippen LogP contribution in [0.5, 0.6) is 0 Å². The lowest BCUT2D eigenvalue weighted by Gasteiger charge is -2.06. The molecule has 0 atom stereocenters. The van der Waals surface area contributed by atoms with Gasteiger partial charge in [0.2, 0.25) is 5.91 Å². The van der Waals surface area contributed by atoms with Crippen molar-refractivity contribution in [2.24, 2.45) is 0 Å². The van der Waals surface area contributed by atoms with Crippen LogP contribution >= 0.6 is 11.3 Å². The first-order chi connectivity index (χ1) is 12.6. The van der Waals surface area contributed by atoms with E-state index >= 15 is 0 Å². The molecule has 0 bridgehead atoms. The van der Waals surface area contributed by atoms with Crippen molar-refractivity contribution in [1.29, 1.82) is 0 Å². The Hall–Kier alpha value is -3.07. The number of thiazole rings is 1. The summed E-state index contributed by atoms with van der Waals surface area (Å²) >= 11 is 1.14. The van der Waals surface area contributed by atoms with Gasteiger partial charge in [-0.1, -0.05) is 23.5 Å². The van der Waals surface area contributed by atoms with Gasteiger partial charge in [0.25, 0.3) is 11.5 Å². The summed E-state index contributed by atoms with van der Waals surface area (Å²) in [5.41, 5.74) is 1.01. The fraction of sp³-hybridized carbons (Fsp3) is 0.235. The zero-order valence-corrected chi connectivity index (χ0v) is 14.5. The molecule has 9 heteroatoms. The third kappa shape index (κ3) is 3.08. The summed E-state index contributed by atoms with van der Waals surface area (Å²) < 4.78 is 1.25. The molecule has 2 amide bonds. The second-order valence-electron chi connectivity index (χ2n) is 5.90. The topological polar surface area (TPSA) is 106 Å². The molecule has 0 spiro atoms. The van der Waals surface area contributed by atoms with Gasteiger partial charge in [0, 0.05) is 6.54 Å². The third-order valence-electron chi connectivity index (χ3n) is 4.07. The summed E-state index contributed by atoms with van der Waals surface area (Å²) in [6.45, 7) is 0.453. The first-order valence-corrected chi connectivity index (χ1v) is 8.95. The average Bonchev–Trinajstić information content (AvgIpc) is 2.96. The highest BCUT2D eigenvalue weighted by Gasteiger charge is 2.21. The molecule has 1 aliphatic rings. The summed E-state index contributed by atoms with van der Waals surface area (Å²) in [7, 11) is 0. The van der Waals surface area contributed by atoms with Gasteiger partial charge in [-0.05, 0) is 25.0 Å². The Labute approximate surface area is 151 Å². The number of nitrogens with one attached hydrogen (secondary N) is 2. The highest BCUT2D eigenvalue weighted by Crippen LogP contribution is 2.25. The number of rotatable bonds is 3. The first-order valence-electron chi connectivity index (χ1n) is 8.14. The molecule has 0 fully saturated rings. The smallest absolute Gasteiger partial charge is 0.263 e. The summed E-state index contributed by atoms with van der Waals surface area (Å²) in [6, 6.07) is 6.97. The van der Waals surface area contributed by atoms with E-state index in [1.807, 2.05) is 0 Å². The average molecular weight is 369 g/mol. The molecule has 2 N–H and O–H groups in total. The Morgan fingerprint density at radius 1 is 1.31 bits per heavy atom. The van der Waals surface area contributed by atoms with Gasteiger partial charge < -0.3 is 10.6 Å². The monoisotopic (exact) mass is 369 g/mol. The third-order valence-corrected chi connectivity index (χ3v) is 5.08. The fourth-order valence-corrected chi connectivity index (χ4v) is 3.77. The Bertz CT molecular complexity index is 1070. The lowest BCUT2D eigenvalue weighted by Crippen LogP contribution is -2.27. The largest absolute Gasteiger partial charge is 0.351 e. The van der Waals surface area contributed by atoms with Crippen molar-refractivity contribution in [1.82, 2.24) is 19.9 Å². The highest BCUT2D eigenvalue weighted by molar-refractivity contribution is 7.17. The number of anilines is 1. The van der Waals surface area contributed by atoms with Crippen LogP contribution in [0, 0.1) is 0 Å². The number of carbonyl (C=O) groups is 2. The zero-order valence-electron chi connectivity index (χ0n) is 13.7. The molecule has 132 valence electrons. The van der Waals surface area contributed by atoms with Crippen LogP contribution in [0.4, 0.5) is 5.13 Å². The van der Waals surface area contributed by atoms with Crippen LogP contribution in [0.1, 0.15) is 21.8 Å².